The zero-order valence-electron chi connectivity index (χ0n) is 13.8. The molecule has 1 fully saturated rings. The Balaban J connectivity index is 0.00000208. The van der Waals surface area contributed by atoms with Gasteiger partial charge in [-0.2, -0.15) is 0 Å². The number of carboxylic acids is 1. The fraction of sp³-hybridized carbons (Fsp3) is 0.278. The number of carboxylic acid groups (broad SMARTS) is 1. The number of carbonyl (C=O) groups excluding carboxylic acids is 1. The second kappa shape index (κ2) is 8.36. The van der Waals surface area contributed by atoms with Crippen molar-refractivity contribution in [2.75, 3.05) is 13.2 Å². The van der Waals surface area contributed by atoms with Crippen molar-refractivity contribution in [2.24, 2.45) is 0 Å². The summed E-state index contributed by atoms with van der Waals surface area (Å²) in [6.07, 6.45) is -0.612. The van der Waals surface area contributed by atoms with Crippen molar-refractivity contribution in [3.8, 4) is 5.75 Å². The Morgan fingerprint density at radius 1 is 1.21 bits per heavy atom. The summed E-state index contributed by atoms with van der Waals surface area (Å²) in [7, 11) is 0. The first-order valence-corrected chi connectivity index (χ1v) is 7.41. The van der Waals surface area contributed by atoms with E-state index >= 15 is 0 Å². The molecule has 0 amide bonds. The van der Waals surface area contributed by atoms with Crippen LogP contribution in [0.15, 0.2) is 42.5 Å². The molecule has 120 valence electrons. The monoisotopic (exact) mass is 320 g/mol. The second-order valence-electron chi connectivity index (χ2n) is 5.34. The molecule has 5 nitrogen and oxygen atoms in total. The molecule has 0 radical (unpaired) electrons. The van der Waals surface area contributed by atoms with E-state index in [4.69, 9.17) is 14.2 Å². The van der Waals surface area contributed by atoms with Crippen LogP contribution in [0.1, 0.15) is 33.3 Å². The van der Waals surface area contributed by atoms with E-state index in [1.54, 1.807) is 13.0 Å². The zero-order valence-corrected chi connectivity index (χ0v) is 13.8. The Bertz CT molecular complexity index is 696. The first-order valence-electron chi connectivity index (χ1n) is 7.41. The molecule has 1 saturated heterocycles. The van der Waals surface area contributed by atoms with Crippen LogP contribution in [0.4, 0.5) is 0 Å². The normalized spacial score (nSPS) is 14.2. The molecule has 0 atom stereocenters. The van der Waals surface area contributed by atoms with E-state index in [9.17, 15) is 9.90 Å². The van der Waals surface area contributed by atoms with Crippen LogP contribution in [0.5, 0.6) is 5.75 Å². The topological polar surface area (TPSA) is 67.8 Å². The molecule has 2 aromatic rings. The van der Waals surface area contributed by atoms with E-state index in [1.165, 1.54) is 6.07 Å². The number of carbonyl (C=O) groups is 1. The van der Waals surface area contributed by atoms with Gasteiger partial charge in [0.15, 0.2) is 6.29 Å². The van der Waals surface area contributed by atoms with Gasteiger partial charge in [-0.25, -0.2) is 0 Å². The molecule has 0 bridgehead atoms. The molecule has 1 aliphatic heterocycles. The van der Waals surface area contributed by atoms with Crippen LogP contribution in [-0.2, 0) is 16.1 Å². The SMILES string of the molecule is Cc1cc(OCc2ccccc2)c(C2OCCO2)cc1C(=O)[O-].[Li+]. The molecule has 2 aromatic carbocycles. The van der Waals surface area contributed by atoms with Gasteiger partial charge >= 0.3 is 18.9 Å². The van der Waals surface area contributed by atoms with Crippen molar-refractivity contribution in [2.45, 2.75) is 19.8 Å². The molecule has 1 aliphatic rings. The Hall–Kier alpha value is -1.77. The number of ether oxygens (including phenoxy) is 3. The number of hydrogen-bond donors (Lipinski definition) is 0. The summed E-state index contributed by atoms with van der Waals surface area (Å²) in [4.78, 5) is 11.2. The van der Waals surface area contributed by atoms with Gasteiger partial charge in [-0.1, -0.05) is 30.3 Å². The number of rotatable bonds is 5. The summed E-state index contributed by atoms with van der Waals surface area (Å²) in [6, 6.07) is 12.9. The Morgan fingerprint density at radius 2 is 1.88 bits per heavy atom. The summed E-state index contributed by atoms with van der Waals surface area (Å²) in [5.74, 6) is -0.667. The van der Waals surface area contributed by atoms with Crippen LogP contribution >= 0.6 is 0 Å². The largest absolute Gasteiger partial charge is 1.00 e. The Kier molecular flexibility index (Phi) is 6.47. The van der Waals surface area contributed by atoms with E-state index in [0.717, 1.165) is 5.56 Å². The van der Waals surface area contributed by atoms with Gasteiger partial charge < -0.3 is 24.1 Å². The fourth-order valence-electron chi connectivity index (χ4n) is 2.50. The molecule has 0 spiro atoms. The smallest absolute Gasteiger partial charge is 0.545 e. The van der Waals surface area contributed by atoms with Gasteiger partial charge in [0.2, 0.25) is 0 Å². The van der Waals surface area contributed by atoms with Crippen LogP contribution in [0.2, 0.25) is 0 Å². The van der Waals surface area contributed by atoms with E-state index < -0.39 is 12.3 Å². The molecule has 3 rings (SSSR count). The quantitative estimate of drug-likeness (QED) is 0.660. The van der Waals surface area contributed by atoms with E-state index in [0.29, 0.717) is 36.7 Å². The second-order valence-corrected chi connectivity index (χ2v) is 5.34. The van der Waals surface area contributed by atoms with Gasteiger partial charge in [0, 0.05) is 5.56 Å². The minimum Gasteiger partial charge on any atom is -0.545 e. The summed E-state index contributed by atoms with van der Waals surface area (Å²) in [5, 5.41) is 11.2. The minimum atomic E-state index is -1.23. The summed E-state index contributed by atoms with van der Waals surface area (Å²) >= 11 is 0. The molecule has 0 N–H and O–H groups in total. The zero-order chi connectivity index (χ0) is 16.2. The average molecular weight is 320 g/mol. The van der Waals surface area contributed by atoms with Crippen molar-refractivity contribution in [1.29, 1.82) is 0 Å². The van der Waals surface area contributed by atoms with Crippen LogP contribution in [0.3, 0.4) is 0 Å². The van der Waals surface area contributed by atoms with E-state index in [2.05, 4.69) is 0 Å². The third-order valence-electron chi connectivity index (χ3n) is 3.69. The van der Waals surface area contributed by atoms with E-state index in [-0.39, 0.29) is 24.4 Å². The van der Waals surface area contributed by atoms with Crippen molar-refractivity contribution in [3.63, 3.8) is 0 Å². The maximum absolute atomic E-state index is 11.2. The number of aryl methyl sites for hydroxylation is 1. The third kappa shape index (κ3) is 4.19. The standard InChI is InChI=1S/C18H18O5.Li/c1-12-9-16(23-11-13-5-3-2-4-6-13)15(10-14(12)17(19)20)18-21-7-8-22-18;/h2-6,9-10,18H,7-8,11H2,1H3,(H,19,20);/q;+1/p-1. The Morgan fingerprint density at radius 3 is 2.50 bits per heavy atom. The Labute approximate surface area is 152 Å². The van der Waals surface area contributed by atoms with Gasteiger partial charge in [0.25, 0.3) is 0 Å². The van der Waals surface area contributed by atoms with Crippen LogP contribution in [-0.4, -0.2) is 19.2 Å². The van der Waals surface area contributed by atoms with Gasteiger partial charge in [0.1, 0.15) is 12.4 Å². The average Bonchev–Trinajstić information content (AvgIpc) is 3.08. The number of hydrogen-bond acceptors (Lipinski definition) is 5. The first-order chi connectivity index (χ1) is 11.1. The maximum atomic E-state index is 11.2. The summed E-state index contributed by atoms with van der Waals surface area (Å²) in [5.41, 5.74) is 2.29. The van der Waals surface area contributed by atoms with Crippen molar-refractivity contribution in [1.82, 2.24) is 0 Å². The molecular formula is C18H17LiO5. The number of benzene rings is 2. The predicted octanol–water partition coefficient (Wildman–Crippen LogP) is -1.01. The molecule has 0 aliphatic carbocycles. The summed E-state index contributed by atoms with van der Waals surface area (Å²) < 4.78 is 16.9. The van der Waals surface area contributed by atoms with Gasteiger partial charge in [-0.05, 0) is 30.2 Å². The van der Waals surface area contributed by atoms with Crippen molar-refractivity contribution < 1.29 is 43.0 Å². The van der Waals surface area contributed by atoms with Gasteiger partial charge in [0.05, 0.1) is 24.7 Å². The molecule has 6 heteroatoms. The summed E-state index contributed by atoms with van der Waals surface area (Å²) in [6.45, 7) is 3.03. The van der Waals surface area contributed by atoms with Gasteiger partial charge in [-0.3, -0.25) is 0 Å². The van der Waals surface area contributed by atoms with Crippen LogP contribution < -0.4 is 28.7 Å². The third-order valence-corrected chi connectivity index (χ3v) is 3.69. The maximum Gasteiger partial charge on any atom is 1.00 e. The fourth-order valence-corrected chi connectivity index (χ4v) is 2.50. The number of aromatic carboxylic acids is 1. The minimum absolute atomic E-state index is 0. The molecule has 0 saturated carbocycles. The molecule has 1 heterocycles. The van der Waals surface area contributed by atoms with Crippen LogP contribution in [0, 0.1) is 6.92 Å². The molecule has 24 heavy (non-hydrogen) atoms. The first kappa shape index (κ1) is 18.6. The molecule has 0 aromatic heterocycles. The van der Waals surface area contributed by atoms with Crippen LogP contribution in [0.25, 0.3) is 0 Å². The van der Waals surface area contributed by atoms with Gasteiger partial charge in [-0.15, -0.1) is 0 Å². The molecular weight excluding hydrogens is 303 g/mol. The predicted molar refractivity (Wildman–Crippen MR) is 80.9 cm³/mol. The molecule has 0 unspecified atom stereocenters. The van der Waals surface area contributed by atoms with Crippen molar-refractivity contribution >= 4 is 5.97 Å². The van der Waals surface area contributed by atoms with E-state index in [1.807, 2.05) is 30.3 Å². The van der Waals surface area contributed by atoms with Crippen molar-refractivity contribution in [3.05, 3.63) is 64.7 Å².